The molecule has 1 aliphatic rings. The molecule has 0 aliphatic carbocycles. The monoisotopic (exact) mass is 357 g/mol. The number of rotatable bonds is 5. The van der Waals surface area contributed by atoms with Crippen molar-refractivity contribution in [2.45, 2.75) is 45.4 Å². The summed E-state index contributed by atoms with van der Waals surface area (Å²) in [5, 5.41) is 14.5. The van der Waals surface area contributed by atoms with E-state index in [0.29, 0.717) is 23.4 Å². The highest BCUT2D eigenvalue weighted by Gasteiger charge is 2.25. The molecule has 1 aliphatic heterocycles. The van der Waals surface area contributed by atoms with E-state index in [2.05, 4.69) is 44.4 Å². The number of nitrogens with zero attached hydrogens (tertiary/aromatic N) is 5. The van der Waals surface area contributed by atoms with Crippen LogP contribution >= 0.6 is 0 Å². The minimum Gasteiger partial charge on any atom is -0.481 e. The Morgan fingerprint density at radius 3 is 2.81 bits per heavy atom. The van der Waals surface area contributed by atoms with Crippen molar-refractivity contribution in [1.29, 1.82) is 0 Å². The van der Waals surface area contributed by atoms with Gasteiger partial charge < -0.3 is 14.8 Å². The van der Waals surface area contributed by atoms with E-state index in [1.165, 1.54) is 0 Å². The van der Waals surface area contributed by atoms with E-state index in [4.69, 9.17) is 9.47 Å². The first kappa shape index (κ1) is 16.8. The van der Waals surface area contributed by atoms with E-state index in [1.807, 2.05) is 4.68 Å². The van der Waals surface area contributed by atoms with Crippen LogP contribution in [-0.4, -0.2) is 49.3 Å². The lowest BCUT2D eigenvalue weighted by Crippen LogP contribution is -2.31. The van der Waals surface area contributed by atoms with Crippen LogP contribution in [0.25, 0.3) is 11.2 Å². The van der Waals surface area contributed by atoms with E-state index in [1.54, 1.807) is 25.6 Å². The maximum absolute atomic E-state index is 5.83. The number of aromatic nitrogens is 6. The lowest BCUT2D eigenvalue weighted by atomic mass is 9.92. The van der Waals surface area contributed by atoms with E-state index >= 15 is 0 Å². The van der Waals surface area contributed by atoms with Gasteiger partial charge in [-0.2, -0.15) is 10.2 Å². The number of aromatic amines is 1. The number of hydrogen-bond donors (Lipinski definition) is 2. The first-order valence-electron chi connectivity index (χ1n) is 8.81. The molecule has 4 heterocycles. The molecule has 1 saturated heterocycles. The van der Waals surface area contributed by atoms with Crippen LogP contribution in [0.1, 0.15) is 26.7 Å². The Morgan fingerprint density at radius 1 is 1.27 bits per heavy atom. The molecule has 1 unspecified atom stereocenters. The summed E-state index contributed by atoms with van der Waals surface area (Å²) in [6.07, 6.45) is 6.06. The zero-order chi connectivity index (χ0) is 18.1. The Balaban J connectivity index is 1.54. The molecule has 3 atom stereocenters. The number of ether oxygens (including phenoxy) is 2. The van der Waals surface area contributed by atoms with Crippen LogP contribution < -0.4 is 10.1 Å². The van der Waals surface area contributed by atoms with Gasteiger partial charge in [0.25, 0.3) is 0 Å². The third-order valence-corrected chi connectivity index (χ3v) is 4.60. The van der Waals surface area contributed by atoms with Gasteiger partial charge in [0.15, 0.2) is 17.3 Å². The van der Waals surface area contributed by atoms with Crippen molar-refractivity contribution in [3.63, 3.8) is 0 Å². The van der Waals surface area contributed by atoms with Crippen LogP contribution in [0.15, 0.2) is 18.5 Å². The third kappa shape index (κ3) is 3.48. The second-order valence-corrected chi connectivity index (χ2v) is 6.83. The predicted molar refractivity (Wildman–Crippen MR) is 96.5 cm³/mol. The molecule has 0 amide bonds. The highest BCUT2D eigenvalue weighted by Crippen LogP contribution is 2.27. The molecule has 26 heavy (non-hydrogen) atoms. The summed E-state index contributed by atoms with van der Waals surface area (Å²) in [5.41, 5.74) is 1.55. The topological polar surface area (TPSA) is 103 Å². The molecule has 138 valence electrons. The zero-order valence-corrected chi connectivity index (χ0v) is 15.1. The van der Waals surface area contributed by atoms with Gasteiger partial charge in [-0.3, -0.25) is 0 Å². The number of hydrogen-bond acceptors (Lipinski definition) is 7. The number of nitrogens with one attached hydrogen (secondary N) is 2. The SMILES string of the molecule is COc1cc(Nc2cnc3cnn(CC4C[C@@H](C)O[C@@H](C)C4)c3n2)n[nH]1. The highest BCUT2D eigenvalue weighted by atomic mass is 16.5. The largest absolute Gasteiger partial charge is 0.481 e. The quantitative estimate of drug-likeness (QED) is 0.723. The second-order valence-electron chi connectivity index (χ2n) is 6.83. The summed E-state index contributed by atoms with van der Waals surface area (Å²) in [7, 11) is 1.58. The molecule has 1 fully saturated rings. The highest BCUT2D eigenvalue weighted by molar-refractivity contribution is 5.71. The van der Waals surface area contributed by atoms with E-state index in [9.17, 15) is 0 Å². The first-order chi connectivity index (χ1) is 12.6. The number of H-pyrrole nitrogens is 1. The normalized spacial score (nSPS) is 23.3. The zero-order valence-electron chi connectivity index (χ0n) is 15.1. The van der Waals surface area contributed by atoms with Crippen molar-refractivity contribution < 1.29 is 9.47 Å². The third-order valence-electron chi connectivity index (χ3n) is 4.60. The maximum atomic E-state index is 5.83. The molecule has 0 aromatic carbocycles. The van der Waals surface area contributed by atoms with Crippen molar-refractivity contribution in [3.05, 3.63) is 18.5 Å². The van der Waals surface area contributed by atoms with Crippen LogP contribution in [0, 0.1) is 5.92 Å². The Labute approximate surface area is 151 Å². The number of fused-ring (bicyclic) bond motifs is 1. The van der Waals surface area contributed by atoms with Crippen molar-refractivity contribution in [3.8, 4) is 5.88 Å². The van der Waals surface area contributed by atoms with Gasteiger partial charge in [0, 0.05) is 12.6 Å². The summed E-state index contributed by atoms with van der Waals surface area (Å²) in [4.78, 5) is 9.12. The van der Waals surface area contributed by atoms with Gasteiger partial charge in [-0.1, -0.05) is 0 Å². The Bertz CT molecular complexity index is 880. The fourth-order valence-corrected chi connectivity index (χ4v) is 3.58. The van der Waals surface area contributed by atoms with Gasteiger partial charge >= 0.3 is 0 Å². The molecule has 0 bridgehead atoms. The number of methoxy groups -OCH3 is 1. The molecule has 3 aromatic heterocycles. The molecule has 2 N–H and O–H groups in total. The van der Waals surface area contributed by atoms with Gasteiger partial charge in [-0.05, 0) is 32.6 Å². The van der Waals surface area contributed by atoms with Gasteiger partial charge in [-0.15, -0.1) is 0 Å². The van der Waals surface area contributed by atoms with Crippen LogP contribution in [0.3, 0.4) is 0 Å². The number of anilines is 2. The fraction of sp³-hybridized carbons (Fsp3) is 0.529. The van der Waals surface area contributed by atoms with Crippen molar-refractivity contribution in [1.82, 2.24) is 29.9 Å². The van der Waals surface area contributed by atoms with E-state index < -0.39 is 0 Å². The molecule has 0 radical (unpaired) electrons. The molecule has 4 rings (SSSR count). The van der Waals surface area contributed by atoms with Gasteiger partial charge in [-0.25, -0.2) is 19.7 Å². The summed E-state index contributed by atoms with van der Waals surface area (Å²) in [6.45, 7) is 5.07. The summed E-state index contributed by atoms with van der Waals surface area (Å²) in [6, 6.07) is 1.76. The standard InChI is InChI=1S/C17H23N7O2/c1-10-4-12(5-11(2)26-10)9-24-17-13(7-19-24)18-8-15(21-17)20-14-6-16(25-3)23-22-14/h6-8,10-12H,4-5,9H2,1-3H3,(H2,20,21,22,23)/t10-,11+,12?. The summed E-state index contributed by atoms with van der Waals surface area (Å²) in [5.74, 6) is 2.33. The molecule has 3 aromatic rings. The van der Waals surface area contributed by atoms with Gasteiger partial charge in [0.2, 0.25) is 5.88 Å². The molecular weight excluding hydrogens is 334 g/mol. The molecule has 0 spiro atoms. The first-order valence-corrected chi connectivity index (χ1v) is 8.81. The summed E-state index contributed by atoms with van der Waals surface area (Å²) >= 11 is 0. The van der Waals surface area contributed by atoms with E-state index in [0.717, 1.165) is 30.6 Å². The second kappa shape index (κ2) is 6.91. The van der Waals surface area contributed by atoms with Crippen molar-refractivity contribution in [2.24, 2.45) is 5.92 Å². The Kier molecular flexibility index (Phi) is 4.46. The Morgan fingerprint density at radius 2 is 2.08 bits per heavy atom. The predicted octanol–water partition coefficient (Wildman–Crippen LogP) is 2.51. The van der Waals surface area contributed by atoms with Crippen LogP contribution in [0.5, 0.6) is 5.88 Å². The molecule has 9 nitrogen and oxygen atoms in total. The summed E-state index contributed by atoms with van der Waals surface area (Å²) < 4.78 is 12.9. The van der Waals surface area contributed by atoms with E-state index in [-0.39, 0.29) is 12.2 Å². The minimum absolute atomic E-state index is 0.281. The fourth-order valence-electron chi connectivity index (χ4n) is 3.58. The smallest absolute Gasteiger partial charge is 0.210 e. The van der Waals surface area contributed by atoms with Gasteiger partial charge in [0.1, 0.15) is 5.52 Å². The van der Waals surface area contributed by atoms with Crippen molar-refractivity contribution in [2.75, 3.05) is 12.4 Å². The van der Waals surface area contributed by atoms with Crippen LogP contribution in [0.2, 0.25) is 0 Å². The van der Waals surface area contributed by atoms with Crippen LogP contribution in [0.4, 0.5) is 11.6 Å². The average Bonchev–Trinajstić information content (AvgIpc) is 3.21. The lowest BCUT2D eigenvalue weighted by Gasteiger charge is -2.32. The van der Waals surface area contributed by atoms with Crippen molar-refractivity contribution >= 4 is 22.8 Å². The molecule has 9 heteroatoms. The minimum atomic E-state index is 0.281. The molecular formula is C17H23N7O2. The average molecular weight is 357 g/mol. The maximum Gasteiger partial charge on any atom is 0.210 e. The lowest BCUT2D eigenvalue weighted by molar-refractivity contribution is -0.0552. The molecule has 0 saturated carbocycles. The van der Waals surface area contributed by atoms with Crippen LogP contribution in [-0.2, 0) is 11.3 Å². The Hall–Kier alpha value is -2.68. The van der Waals surface area contributed by atoms with Gasteiger partial charge in [0.05, 0.1) is 31.7 Å².